The Kier molecular flexibility index (Phi) is 7.15. The molecule has 3 heterocycles. The molecule has 1 aromatic heterocycles. The number of amides is 1. The number of hydrogen-bond acceptors (Lipinski definition) is 4. The van der Waals surface area contributed by atoms with Crippen LogP contribution in [0.25, 0.3) is 0 Å². The minimum absolute atomic E-state index is 0.142. The van der Waals surface area contributed by atoms with Gasteiger partial charge in [0.2, 0.25) is 5.91 Å². The average molecular weight is 376 g/mol. The van der Waals surface area contributed by atoms with E-state index in [1.54, 1.807) is 13.3 Å². The highest BCUT2D eigenvalue weighted by Crippen LogP contribution is 2.25. The molecular formula is C20H33N5O2. The lowest BCUT2D eigenvalue weighted by Gasteiger charge is -2.35. The number of piperidine rings is 1. The first kappa shape index (κ1) is 19.7. The first-order chi connectivity index (χ1) is 13.2. The number of aliphatic imine (C=N–C) groups is 1. The van der Waals surface area contributed by atoms with E-state index in [1.807, 2.05) is 13.1 Å². The number of hydrogen-bond donors (Lipinski definition) is 2. The highest BCUT2D eigenvalue weighted by Gasteiger charge is 2.27. The van der Waals surface area contributed by atoms with Gasteiger partial charge in [0.25, 0.3) is 0 Å². The summed E-state index contributed by atoms with van der Waals surface area (Å²) in [5.74, 6) is 2.58. The molecule has 0 aliphatic carbocycles. The Hall–Kier alpha value is -2.02. The Balaban J connectivity index is 1.53. The van der Waals surface area contributed by atoms with E-state index in [9.17, 15) is 4.79 Å². The summed E-state index contributed by atoms with van der Waals surface area (Å²) in [6.07, 6.45) is 6.95. The summed E-state index contributed by atoms with van der Waals surface area (Å²) in [4.78, 5) is 20.9. The van der Waals surface area contributed by atoms with E-state index in [-0.39, 0.29) is 11.9 Å². The van der Waals surface area contributed by atoms with Crippen LogP contribution in [0.1, 0.15) is 43.9 Å². The third-order valence-electron chi connectivity index (χ3n) is 5.79. The second-order valence-electron chi connectivity index (χ2n) is 7.51. The average Bonchev–Trinajstić information content (AvgIpc) is 3.40. The number of guanidine groups is 1. The van der Waals surface area contributed by atoms with Crippen LogP contribution in [-0.2, 0) is 4.79 Å². The van der Waals surface area contributed by atoms with Gasteiger partial charge in [-0.2, -0.15) is 0 Å². The third-order valence-corrected chi connectivity index (χ3v) is 5.79. The van der Waals surface area contributed by atoms with Crippen molar-refractivity contribution in [2.24, 2.45) is 10.9 Å². The predicted octanol–water partition coefficient (Wildman–Crippen LogP) is 1.84. The van der Waals surface area contributed by atoms with Crippen LogP contribution in [-0.4, -0.2) is 68.5 Å². The molecule has 0 saturated carbocycles. The molecule has 0 bridgehead atoms. The number of likely N-dealkylation sites (tertiary alicyclic amines) is 2. The maximum Gasteiger partial charge on any atom is 0.220 e. The fourth-order valence-corrected chi connectivity index (χ4v) is 4.18. The van der Waals surface area contributed by atoms with Gasteiger partial charge in [-0.25, -0.2) is 0 Å². The molecule has 0 spiro atoms. The Morgan fingerprint density at radius 2 is 2.04 bits per heavy atom. The molecule has 150 valence electrons. The summed E-state index contributed by atoms with van der Waals surface area (Å²) in [7, 11) is 3.55. The largest absolute Gasteiger partial charge is 0.468 e. The van der Waals surface area contributed by atoms with Crippen molar-refractivity contribution in [2.45, 2.75) is 38.1 Å². The molecule has 7 heteroatoms. The van der Waals surface area contributed by atoms with Gasteiger partial charge in [-0.1, -0.05) is 0 Å². The van der Waals surface area contributed by atoms with E-state index in [1.165, 1.54) is 12.8 Å². The van der Waals surface area contributed by atoms with Crippen LogP contribution in [0.15, 0.2) is 27.8 Å². The van der Waals surface area contributed by atoms with E-state index >= 15 is 0 Å². The zero-order valence-electron chi connectivity index (χ0n) is 16.6. The van der Waals surface area contributed by atoms with Crippen LogP contribution in [0, 0.1) is 5.92 Å². The molecule has 1 unspecified atom stereocenters. The Bertz CT molecular complexity index is 602. The highest BCUT2D eigenvalue weighted by atomic mass is 16.3. The van der Waals surface area contributed by atoms with Gasteiger partial charge in [0.15, 0.2) is 5.96 Å². The number of furan rings is 1. The first-order valence-corrected chi connectivity index (χ1v) is 10.1. The van der Waals surface area contributed by atoms with Crippen LogP contribution in [0.2, 0.25) is 0 Å². The van der Waals surface area contributed by atoms with Crippen LogP contribution in [0.5, 0.6) is 0 Å². The maximum atomic E-state index is 11.6. The van der Waals surface area contributed by atoms with Gasteiger partial charge < -0.3 is 20.0 Å². The Morgan fingerprint density at radius 1 is 1.30 bits per heavy atom. The van der Waals surface area contributed by atoms with Crippen LogP contribution >= 0.6 is 0 Å². The fourth-order valence-electron chi connectivity index (χ4n) is 4.18. The molecule has 3 rings (SSSR count). The fraction of sp³-hybridized carbons (Fsp3) is 0.700. The summed E-state index contributed by atoms with van der Waals surface area (Å²) in [5, 5.41) is 6.29. The molecule has 7 nitrogen and oxygen atoms in total. The first-order valence-electron chi connectivity index (χ1n) is 10.1. The molecule has 2 fully saturated rings. The molecule has 1 aromatic rings. The van der Waals surface area contributed by atoms with Gasteiger partial charge in [0, 0.05) is 40.2 Å². The smallest absolute Gasteiger partial charge is 0.220 e. The second-order valence-corrected chi connectivity index (χ2v) is 7.51. The van der Waals surface area contributed by atoms with Crippen LogP contribution in [0.4, 0.5) is 0 Å². The zero-order valence-corrected chi connectivity index (χ0v) is 16.6. The minimum Gasteiger partial charge on any atom is -0.468 e. The summed E-state index contributed by atoms with van der Waals surface area (Å²) in [5.41, 5.74) is 0. The van der Waals surface area contributed by atoms with Crippen LogP contribution in [0.3, 0.4) is 0 Å². The Labute approximate surface area is 162 Å². The number of carbonyl (C=O) groups is 1. The normalized spacial score (nSPS) is 20.7. The number of rotatable bonds is 6. The number of carbonyl (C=O) groups excluding carboxylic acids is 1. The molecule has 0 radical (unpaired) electrons. The maximum absolute atomic E-state index is 11.6. The van der Waals surface area contributed by atoms with Gasteiger partial charge in [-0.05, 0) is 56.8 Å². The van der Waals surface area contributed by atoms with Crippen molar-refractivity contribution in [3.05, 3.63) is 24.2 Å². The lowest BCUT2D eigenvalue weighted by Crippen LogP contribution is -2.48. The van der Waals surface area contributed by atoms with E-state index in [4.69, 9.17) is 4.42 Å². The minimum atomic E-state index is 0.142. The molecule has 1 amide bonds. The molecule has 2 saturated heterocycles. The molecule has 0 aromatic carbocycles. The highest BCUT2D eigenvalue weighted by molar-refractivity contribution is 5.80. The molecular weight excluding hydrogens is 342 g/mol. The van der Waals surface area contributed by atoms with Crippen molar-refractivity contribution >= 4 is 11.9 Å². The lowest BCUT2D eigenvalue weighted by atomic mass is 9.93. The second kappa shape index (κ2) is 9.78. The Morgan fingerprint density at radius 3 is 2.63 bits per heavy atom. The van der Waals surface area contributed by atoms with E-state index < -0.39 is 0 Å². The summed E-state index contributed by atoms with van der Waals surface area (Å²) in [6.45, 7) is 4.92. The number of nitrogens with one attached hydrogen (secondary N) is 2. The predicted molar refractivity (Wildman–Crippen MR) is 107 cm³/mol. The van der Waals surface area contributed by atoms with E-state index in [2.05, 4.69) is 31.5 Å². The molecule has 1 atom stereocenters. The van der Waals surface area contributed by atoms with Crippen molar-refractivity contribution in [1.29, 1.82) is 0 Å². The quantitative estimate of drug-likeness (QED) is 0.586. The van der Waals surface area contributed by atoms with Crippen molar-refractivity contribution in [3.8, 4) is 0 Å². The van der Waals surface area contributed by atoms with Gasteiger partial charge in [0.05, 0.1) is 12.3 Å². The summed E-state index contributed by atoms with van der Waals surface area (Å²) in [6, 6.07) is 4.27. The molecule has 27 heavy (non-hydrogen) atoms. The lowest BCUT2D eigenvalue weighted by molar-refractivity contribution is -0.121. The van der Waals surface area contributed by atoms with Crippen molar-refractivity contribution in [1.82, 2.24) is 20.4 Å². The van der Waals surface area contributed by atoms with Crippen LogP contribution < -0.4 is 10.6 Å². The van der Waals surface area contributed by atoms with Gasteiger partial charge in [0.1, 0.15) is 5.76 Å². The molecule has 2 aliphatic rings. The topological polar surface area (TPSA) is 73.1 Å². The molecule has 2 N–H and O–H groups in total. The SMILES string of the molecule is CN=C(NCC(c1ccco1)N1CCCC1)N1CCC(CC(=O)NC)CC1. The van der Waals surface area contributed by atoms with Gasteiger partial charge in [-0.3, -0.25) is 14.7 Å². The van der Waals surface area contributed by atoms with E-state index in [0.29, 0.717) is 12.3 Å². The van der Waals surface area contributed by atoms with Crippen molar-refractivity contribution < 1.29 is 9.21 Å². The van der Waals surface area contributed by atoms with Gasteiger partial charge >= 0.3 is 0 Å². The monoisotopic (exact) mass is 375 g/mol. The van der Waals surface area contributed by atoms with Gasteiger partial charge in [-0.15, -0.1) is 0 Å². The standard InChI is InChI=1S/C20H33N5O2/c1-21-19(26)14-16-7-11-25(12-8-16)20(22-2)23-15-17(18-6-5-13-27-18)24-9-3-4-10-24/h5-6,13,16-17H,3-4,7-12,14-15H2,1-2H3,(H,21,26)(H,22,23). The number of nitrogens with zero attached hydrogens (tertiary/aromatic N) is 3. The molecule has 2 aliphatic heterocycles. The summed E-state index contributed by atoms with van der Waals surface area (Å²) < 4.78 is 5.71. The third kappa shape index (κ3) is 5.25. The van der Waals surface area contributed by atoms with Crippen molar-refractivity contribution in [2.75, 3.05) is 46.8 Å². The van der Waals surface area contributed by atoms with E-state index in [0.717, 1.165) is 57.3 Å². The zero-order chi connectivity index (χ0) is 19.1. The summed E-state index contributed by atoms with van der Waals surface area (Å²) >= 11 is 0. The van der Waals surface area contributed by atoms with Crippen molar-refractivity contribution in [3.63, 3.8) is 0 Å².